The third-order valence-corrected chi connectivity index (χ3v) is 3.70. The minimum Gasteiger partial charge on any atom is -0.497 e. The van der Waals surface area contributed by atoms with Gasteiger partial charge >= 0.3 is 5.97 Å². The van der Waals surface area contributed by atoms with Crippen molar-refractivity contribution in [2.45, 2.75) is 0 Å². The maximum absolute atomic E-state index is 12.5. The summed E-state index contributed by atoms with van der Waals surface area (Å²) in [6, 6.07) is 17.0. The van der Waals surface area contributed by atoms with Gasteiger partial charge in [0.1, 0.15) is 5.75 Å². The number of carboxylic acids is 1. The molecule has 0 saturated heterocycles. The Balaban J connectivity index is 1.97. The molecular weight excluding hydrogens is 292 g/mol. The summed E-state index contributed by atoms with van der Waals surface area (Å²) in [6.45, 7) is 0. The van der Waals surface area contributed by atoms with Crippen molar-refractivity contribution in [3.63, 3.8) is 0 Å². The monoisotopic (exact) mass is 306 g/mol. The van der Waals surface area contributed by atoms with E-state index >= 15 is 0 Å². The molecule has 1 N–H and O–H groups in total. The third-order valence-electron chi connectivity index (χ3n) is 3.70. The molecule has 0 aliphatic rings. The van der Waals surface area contributed by atoms with Crippen LogP contribution >= 0.6 is 0 Å². The number of carbonyl (C=O) groups excluding carboxylic acids is 1. The van der Waals surface area contributed by atoms with Gasteiger partial charge in [0.25, 0.3) is 0 Å². The first-order chi connectivity index (χ1) is 11.1. The van der Waals surface area contributed by atoms with Gasteiger partial charge in [-0.1, -0.05) is 18.2 Å². The van der Waals surface area contributed by atoms with E-state index in [4.69, 9.17) is 9.84 Å². The van der Waals surface area contributed by atoms with Crippen LogP contribution in [0.15, 0.2) is 60.7 Å². The number of hydrogen-bond acceptors (Lipinski definition) is 3. The summed E-state index contributed by atoms with van der Waals surface area (Å²) in [4.78, 5) is 23.5. The smallest absolute Gasteiger partial charge is 0.335 e. The number of ether oxygens (including phenoxy) is 1. The lowest BCUT2D eigenvalue weighted by Crippen LogP contribution is -2.01. The van der Waals surface area contributed by atoms with Crippen LogP contribution in [0.1, 0.15) is 26.3 Å². The van der Waals surface area contributed by atoms with E-state index in [0.717, 1.165) is 10.8 Å². The van der Waals surface area contributed by atoms with Gasteiger partial charge in [-0.3, -0.25) is 4.79 Å². The maximum Gasteiger partial charge on any atom is 0.335 e. The molecule has 4 nitrogen and oxygen atoms in total. The van der Waals surface area contributed by atoms with Crippen molar-refractivity contribution in [2.24, 2.45) is 0 Å². The zero-order chi connectivity index (χ0) is 16.4. The van der Waals surface area contributed by atoms with E-state index in [0.29, 0.717) is 16.9 Å². The van der Waals surface area contributed by atoms with E-state index in [9.17, 15) is 9.59 Å². The van der Waals surface area contributed by atoms with E-state index in [-0.39, 0.29) is 11.3 Å². The van der Waals surface area contributed by atoms with Gasteiger partial charge < -0.3 is 9.84 Å². The van der Waals surface area contributed by atoms with Gasteiger partial charge in [-0.05, 0) is 53.2 Å². The number of carbonyl (C=O) groups is 2. The molecule has 0 fully saturated rings. The molecule has 0 spiro atoms. The van der Waals surface area contributed by atoms with Crippen molar-refractivity contribution in [1.82, 2.24) is 0 Å². The lowest BCUT2D eigenvalue weighted by atomic mass is 9.99. The molecule has 0 radical (unpaired) electrons. The van der Waals surface area contributed by atoms with Crippen molar-refractivity contribution < 1.29 is 19.4 Å². The van der Waals surface area contributed by atoms with Gasteiger partial charge in [0.2, 0.25) is 0 Å². The first-order valence-electron chi connectivity index (χ1n) is 7.04. The molecule has 0 heterocycles. The second kappa shape index (κ2) is 5.93. The molecule has 0 amide bonds. The molecular formula is C19H14O4. The van der Waals surface area contributed by atoms with E-state index in [1.165, 1.54) is 6.07 Å². The predicted octanol–water partition coefficient (Wildman–Crippen LogP) is 3.78. The van der Waals surface area contributed by atoms with Gasteiger partial charge in [-0.2, -0.15) is 0 Å². The number of methoxy groups -OCH3 is 1. The van der Waals surface area contributed by atoms with Crippen LogP contribution in [-0.2, 0) is 0 Å². The molecule has 0 aromatic heterocycles. The van der Waals surface area contributed by atoms with E-state index < -0.39 is 5.97 Å². The molecule has 0 bridgehead atoms. The Morgan fingerprint density at radius 1 is 0.783 bits per heavy atom. The molecule has 114 valence electrons. The molecule has 0 saturated carbocycles. The molecule has 23 heavy (non-hydrogen) atoms. The Hall–Kier alpha value is -3.14. The zero-order valence-electron chi connectivity index (χ0n) is 12.4. The molecule has 0 unspecified atom stereocenters. The predicted molar refractivity (Wildman–Crippen MR) is 87.3 cm³/mol. The van der Waals surface area contributed by atoms with E-state index in [1.54, 1.807) is 61.7 Å². The number of fused-ring (bicyclic) bond motifs is 1. The summed E-state index contributed by atoms with van der Waals surface area (Å²) in [5.74, 6) is -0.358. The molecule has 3 aromatic carbocycles. The molecule has 0 aliphatic heterocycles. The molecule has 4 heteroatoms. The minimum absolute atomic E-state index is 0.0862. The summed E-state index contributed by atoms with van der Waals surface area (Å²) < 4.78 is 5.08. The van der Waals surface area contributed by atoms with E-state index in [1.807, 2.05) is 0 Å². The highest BCUT2D eigenvalue weighted by Gasteiger charge is 2.11. The number of ketones is 1. The highest BCUT2D eigenvalue weighted by Crippen LogP contribution is 2.21. The van der Waals surface area contributed by atoms with Crippen LogP contribution < -0.4 is 4.74 Å². The zero-order valence-corrected chi connectivity index (χ0v) is 12.4. The van der Waals surface area contributed by atoms with Crippen molar-refractivity contribution in [3.05, 3.63) is 77.4 Å². The molecule has 3 aromatic rings. The third kappa shape index (κ3) is 2.92. The minimum atomic E-state index is -0.967. The standard InChI is InChI=1S/C19H14O4/c1-23-17-8-6-12(7-9-17)18(20)15-4-2-14-11-16(19(21)22)5-3-13(14)10-15/h2-11H,1H3,(H,21,22). The maximum atomic E-state index is 12.5. The van der Waals surface area contributed by atoms with Crippen molar-refractivity contribution in [1.29, 1.82) is 0 Å². The fraction of sp³-hybridized carbons (Fsp3) is 0.0526. The van der Waals surface area contributed by atoms with Crippen molar-refractivity contribution in [3.8, 4) is 5.75 Å². The topological polar surface area (TPSA) is 63.6 Å². The first-order valence-corrected chi connectivity index (χ1v) is 7.04. The summed E-state index contributed by atoms with van der Waals surface area (Å²) >= 11 is 0. The quantitative estimate of drug-likeness (QED) is 0.745. The van der Waals surface area contributed by atoms with Crippen molar-refractivity contribution in [2.75, 3.05) is 7.11 Å². The Morgan fingerprint density at radius 3 is 1.87 bits per heavy atom. The number of benzene rings is 3. The van der Waals surface area contributed by atoms with Gasteiger partial charge in [0.05, 0.1) is 12.7 Å². The first kappa shape index (κ1) is 14.8. The number of hydrogen-bond donors (Lipinski definition) is 1. The average molecular weight is 306 g/mol. The van der Waals surface area contributed by atoms with Crippen LogP contribution in [0.4, 0.5) is 0 Å². The summed E-state index contributed by atoms with van der Waals surface area (Å²) in [6.07, 6.45) is 0. The fourth-order valence-corrected chi connectivity index (χ4v) is 2.43. The SMILES string of the molecule is COc1ccc(C(=O)c2ccc3cc(C(=O)O)ccc3c2)cc1. The van der Waals surface area contributed by atoms with Crippen LogP contribution in [0.2, 0.25) is 0 Å². The molecule has 0 atom stereocenters. The Kier molecular flexibility index (Phi) is 3.81. The lowest BCUT2D eigenvalue weighted by Gasteiger charge is -2.05. The summed E-state index contributed by atoms with van der Waals surface area (Å²) in [5.41, 5.74) is 1.37. The summed E-state index contributed by atoms with van der Waals surface area (Å²) in [5, 5.41) is 10.6. The molecule has 0 aliphatic carbocycles. The van der Waals surface area contributed by atoms with Gasteiger partial charge in [0, 0.05) is 11.1 Å². The number of carboxylic acid groups (broad SMARTS) is 1. The van der Waals surface area contributed by atoms with Crippen LogP contribution in [0, 0.1) is 0 Å². The Bertz CT molecular complexity index is 895. The van der Waals surface area contributed by atoms with Crippen LogP contribution in [0.3, 0.4) is 0 Å². The van der Waals surface area contributed by atoms with Crippen LogP contribution in [0.25, 0.3) is 10.8 Å². The second-order valence-electron chi connectivity index (χ2n) is 5.14. The number of aromatic carboxylic acids is 1. The van der Waals surface area contributed by atoms with Crippen LogP contribution in [0.5, 0.6) is 5.75 Å². The summed E-state index contributed by atoms with van der Waals surface area (Å²) in [7, 11) is 1.57. The van der Waals surface area contributed by atoms with Gasteiger partial charge in [-0.15, -0.1) is 0 Å². The fourth-order valence-electron chi connectivity index (χ4n) is 2.43. The van der Waals surface area contributed by atoms with Gasteiger partial charge in [0.15, 0.2) is 5.78 Å². The largest absolute Gasteiger partial charge is 0.497 e. The highest BCUT2D eigenvalue weighted by atomic mass is 16.5. The normalized spacial score (nSPS) is 10.5. The van der Waals surface area contributed by atoms with Crippen LogP contribution in [-0.4, -0.2) is 24.0 Å². The van der Waals surface area contributed by atoms with E-state index in [2.05, 4.69) is 0 Å². The lowest BCUT2D eigenvalue weighted by molar-refractivity contribution is 0.0697. The highest BCUT2D eigenvalue weighted by molar-refractivity contribution is 6.11. The Labute approximate surface area is 132 Å². The second-order valence-corrected chi connectivity index (χ2v) is 5.14. The van der Waals surface area contributed by atoms with Crippen molar-refractivity contribution >= 4 is 22.5 Å². The number of rotatable bonds is 4. The average Bonchev–Trinajstić information content (AvgIpc) is 2.60. The van der Waals surface area contributed by atoms with Gasteiger partial charge in [-0.25, -0.2) is 4.79 Å². The molecule has 3 rings (SSSR count). The Morgan fingerprint density at radius 2 is 1.30 bits per heavy atom.